The summed E-state index contributed by atoms with van der Waals surface area (Å²) in [6.07, 6.45) is 7.60. The molecule has 4 fully saturated rings. The number of amides is 2. The van der Waals surface area contributed by atoms with Gasteiger partial charge in [-0.1, -0.05) is 24.3 Å². The van der Waals surface area contributed by atoms with Crippen molar-refractivity contribution in [3.63, 3.8) is 0 Å². The van der Waals surface area contributed by atoms with Crippen molar-refractivity contribution in [2.24, 2.45) is 17.8 Å². The monoisotopic (exact) mass is 342 g/mol. The summed E-state index contributed by atoms with van der Waals surface area (Å²) in [6.45, 7) is 2.58. The van der Waals surface area contributed by atoms with Gasteiger partial charge in [0.05, 0.1) is 6.10 Å². The van der Waals surface area contributed by atoms with Crippen molar-refractivity contribution in [1.29, 1.82) is 0 Å². The van der Waals surface area contributed by atoms with Gasteiger partial charge in [-0.05, 0) is 74.3 Å². The van der Waals surface area contributed by atoms with Crippen LogP contribution in [0.5, 0.6) is 0 Å². The summed E-state index contributed by atoms with van der Waals surface area (Å²) >= 11 is 0. The molecule has 0 aromatic heterocycles. The molecule has 0 heterocycles. The lowest BCUT2D eigenvalue weighted by atomic mass is 9.53. The predicted molar refractivity (Wildman–Crippen MR) is 98.4 cm³/mol. The number of aryl methyl sites for hydroxylation is 1. The van der Waals surface area contributed by atoms with E-state index in [1.54, 1.807) is 7.11 Å². The molecule has 4 nitrogen and oxygen atoms in total. The van der Waals surface area contributed by atoms with Gasteiger partial charge in [0.1, 0.15) is 0 Å². The van der Waals surface area contributed by atoms with Gasteiger partial charge in [-0.3, -0.25) is 0 Å². The third-order valence-electron chi connectivity index (χ3n) is 6.68. The normalized spacial score (nSPS) is 33.9. The van der Waals surface area contributed by atoms with Crippen molar-refractivity contribution in [1.82, 2.24) is 10.6 Å². The quantitative estimate of drug-likeness (QED) is 0.851. The first-order valence-electron chi connectivity index (χ1n) is 9.71. The fraction of sp³-hybridized carbons (Fsp3) is 0.667. The fourth-order valence-corrected chi connectivity index (χ4v) is 6.00. The van der Waals surface area contributed by atoms with Crippen molar-refractivity contribution >= 4 is 6.03 Å². The van der Waals surface area contributed by atoms with Gasteiger partial charge >= 0.3 is 6.03 Å². The Hall–Kier alpha value is -1.55. The number of urea groups is 1. The van der Waals surface area contributed by atoms with Crippen molar-refractivity contribution in [3.05, 3.63) is 35.4 Å². The molecule has 1 aromatic rings. The summed E-state index contributed by atoms with van der Waals surface area (Å²) in [5.74, 6) is 2.51. The van der Waals surface area contributed by atoms with E-state index in [4.69, 9.17) is 4.74 Å². The van der Waals surface area contributed by atoms with Gasteiger partial charge in [0, 0.05) is 19.2 Å². The van der Waals surface area contributed by atoms with E-state index >= 15 is 0 Å². The summed E-state index contributed by atoms with van der Waals surface area (Å²) in [5.41, 5.74) is 2.39. The second kappa shape index (κ2) is 6.64. The standard InChI is InChI=1S/C21H30N2O2/c1-14-5-3-4-6-18(14)19(25-2)13-22-20(24)23-21-10-15-7-16(11-21)9-17(8-15)12-21/h3-6,15-17,19H,7-13H2,1-2H3,(H2,22,23,24)/t15?,16?,17?,19-,21?/m0/s1. The highest BCUT2D eigenvalue weighted by Crippen LogP contribution is 2.55. The van der Waals surface area contributed by atoms with Crippen LogP contribution in [0.25, 0.3) is 0 Å². The molecule has 0 unspecified atom stereocenters. The average Bonchev–Trinajstić information content (AvgIpc) is 2.55. The molecule has 0 spiro atoms. The van der Waals surface area contributed by atoms with Gasteiger partial charge in [0.25, 0.3) is 0 Å². The number of hydrogen-bond acceptors (Lipinski definition) is 2. The lowest BCUT2D eigenvalue weighted by Crippen LogP contribution is -2.61. The Morgan fingerprint density at radius 3 is 2.32 bits per heavy atom. The summed E-state index contributed by atoms with van der Waals surface area (Å²) in [5, 5.41) is 6.42. The molecule has 0 radical (unpaired) electrons. The fourth-order valence-electron chi connectivity index (χ4n) is 6.00. The van der Waals surface area contributed by atoms with Crippen molar-refractivity contribution < 1.29 is 9.53 Å². The Morgan fingerprint density at radius 1 is 1.16 bits per heavy atom. The van der Waals surface area contributed by atoms with Crippen LogP contribution in [0.15, 0.2) is 24.3 Å². The number of hydrogen-bond donors (Lipinski definition) is 2. The van der Waals surface area contributed by atoms with E-state index in [1.165, 1.54) is 44.1 Å². The van der Waals surface area contributed by atoms with Gasteiger partial charge in [-0.2, -0.15) is 0 Å². The van der Waals surface area contributed by atoms with Crippen LogP contribution in [0, 0.1) is 24.7 Å². The summed E-state index contributed by atoms with van der Waals surface area (Å²) in [7, 11) is 1.70. The number of rotatable bonds is 5. The van der Waals surface area contributed by atoms with E-state index in [0.717, 1.165) is 23.3 Å². The van der Waals surface area contributed by atoms with Crippen molar-refractivity contribution in [3.8, 4) is 0 Å². The van der Waals surface area contributed by atoms with E-state index in [9.17, 15) is 4.79 Å². The Labute approximate surface area is 150 Å². The molecule has 25 heavy (non-hydrogen) atoms. The zero-order valence-corrected chi connectivity index (χ0v) is 15.4. The second-order valence-corrected chi connectivity index (χ2v) is 8.61. The molecule has 1 aromatic carbocycles. The summed E-state index contributed by atoms with van der Waals surface area (Å²) in [4.78, 5) is 12.6. The third-order valence-corrected chi connectivity index (χ3v) is 6.68. The molecule has 4 heteroatoms. The van der Waals surface area contributed by atoms with Crippen LogP contribution in [-0.2, 0) is 4.74 Å². The van der Waals surface area contributed by atoms with Gasteiger partial charge < -0.3 is 15.4 Å². The van der Waals surface area contributed by atoms with Gasteiger partial charge in [-0.15, -0.1) is 0 Å². The number of nitrogens with one attached hydrogen (secondary N) is 2. The average molecular weight is 342 g/mol. The number of carbonyl (C=O) groups excluding carboxylic acids is 1. The van der Waals surface area contributed by atoms with E-state index < -0.39 is 0 Å². The Balaban J connectivity index is 1.35. The minimum Gasteiger partial charge on any atom is -0.375 e. The maximum atomic E-state index is 12.6. The largest absolute Gasteiger partial charge is 0.375 e. The number of carbonyl (C=O) groups is 1. The minimum absolute atomic E-state index is 0.0300. The molecular weight excluding hydrogens is 312 g/mol. The van der Waals surface area contributed by atoms with Crippen LogP contribution in [0.4, 0.5) is 4.79 Å². The van der Waals surface area contributed by atoms with Gasteiger partial charge in [0.15, 0.2) is 0 Å². The van der Waals surface area contributed by atoms with E-state index in [2.05, 4.69) is 29.7 Å². The predicted octanol–water partition coefficient (Wildman–Crippen LogP) is 3.95. The molecule has 1 atom stereocenters. The Bertz CT molecular complexity index is 607. The summed E-state index contributed by atoms with van der Waals surface area (Å²) < 4.78 is 5.62. The van der Waals surface area contributed by atoms with Gasteiger partial charge in [-0.25, -0.2) is 4.79 Å². The highest BCUT2D eigenvalue weighted by molar-refractivity contribution is 5.75. The van der Waals surface area contributed by atoms with E-state index in [-0.39, 0.29) is 17.7 Å². The molecule has 136 valence electrons. The first kappa shape index (κ1) is 16.9. The first-order valence-corrected chi connectivity index (χ1v) is 9.71. The zero-order chi connectivity index (χ0) is 17.4. The Kier molecular flexibility index (Phi) is 4.48. The molecular formula is C21H30N2O2. The lowest BCUT2D eigenvalue weighted by molar-refractivity contribution is -0.0137. The molecule has 0 saturated heterocycles. The van der Waals surface area contributed by atoms with Crippen LogP contribution in [-0.4, -0.2) is 25.2 Å². The maximum absolute atomic E-state index is 12.6. The molecule has 4 saturated carbocycles. The van der Waals surface area contributed by atoms with Crippen LogP contribution in [0.2, 0.25) is 0 Å². The molecule has 0 aliphatic heterocycles. The minimum atomic E-state index is -0.108. The van der Waals surface area contributed by atoms with E-state index in [0.29, 0.717) is 6.54 Å². The molecule has 4 aliphatic carbocycles. The lowest BCUT2D eigenvalue weighted by Gasteiger charge is -2.56. The second-order valence-electron chi connectivity index (χ2n) is 8.61. The van der Waals surface area contributed by atoms with Crippen LogP contribution in [0.1, 0.15) is 55.8 Å². The highest BCUT2D eigenvalue weighted by Gasteiger charge is 2.51. The smallest absolute Gasteiger partial charge is 0.315 e. The topological polar surface area (TPSA) is 50.4 Å². The SMILES string of the molecule is CO[C@@H](CNC(=O)NC12CC3CC(CC(C3)C1)C2)c1ccccc1C. The van der Waals surface area contributed by atoms with Gasteiger partial charge in [0.2, 0.25) is 0 Å². The summed E-state index contributed by atoms with van der Waals surface area (Å²) in [6, 6.07) is 8.17. The van der Waals surface area contributed by atoms with Crippen LogP contribution >= 0.6 is 0 Å². The zero-order valence-electron chi connectivity index (χ0n) is 15.4. The highest BCUT2D eigenvalue weighted by atomic mass is 16.5. The van der Waals surface area contributed by atoms with Crippen LogP contribution in [0.3, 0.4) is 0 Å². The molecule has 4 bridgehead atoms. The van der Waals surface area contributed by atoms with Crippen molar-refractivity contribution in [2.45, 2.75) is 57.1 Å². The number of ether oxygens (including phenoxy) is 1. The third kappa shape index (κ3) is 3.41. The number of benzene rings is 1. The Morgan fingerprint density at radius 2 is 1.76 bits per heavy atom. The molecule has 2 N–H and O–H groups in total. The molecule has 5 rings (SSSR count). The van der Waals surface area contributed by atoms with Crippen molar-refractivity contribution in [2.75, 3.05) is 13.7 Å². The molecule has 2 amide bonds. The first-order chi connectivity index (χ1) is 12.1. The number of methoxy groups -OCH3 is 1. The molecule has 4 aliphatic rings. The van der Waals surface area contributed by atoms with Crippen LogP contribution < -0.4 is 10.6 Å². The van der Waals surface area contributed by atoms with E-state index in [1.807, 2.05) is 12.1 Å². The maximum Gasteiger partial charge on any atom is 0.315 e.